The van der Waals surface area contributed by atoms with Crippen molar-refractivity contribution in [1.29, 1.82) is 0 Å². The second-order valence-corrected chi connectivity index (χ2v) is 6.84. The van der Waals surface area contributed by atoms with Gasteiger partial charge in [0.05, 0.1) is 40.1 Å². The minimum atomic E-state index is -0.689. The van der Waals surface area contributed by atoms with E-state index in [2.05, 4.69) is 10.3 Å². The number of hydrogen-bond donors (Lipinski definition) is 1. The molecule has 160 valence electrons. The molecule has 0 fully saturated rings. The number of halogens is 2. The maximum absolute atomic E-state index is 13.6. The van der Waals surface area contributed by atoms with Crippen LogP contribution in [0.5, 0.6) is 5.75 Å². The molecule has 0 radical (unpaired) electrons. The second-order valence-electron chi connectivity index (χ2n) is 6.84. The smallest absolute Gasteiger partial charge is 0.316 e. The molecule has 0 bridgehead atoms. The molecule has 1 aliphatic rings. The Labute approximate surface area is 172 Å². The SMILES string of the molecule is COC1=CC(C)C(Nc2nc(=O)c(OC)cn2Cc2cc(F)cc(F)c2)C=C1OC. The number of aromatic nitrogens is 2. The van der Waals surface area contributed by atoms with Crippen molar-refractivity contribution in [1.82, 2.24) is 9.55 Å². The number of nitrogens with one attached hydrogen (secondary N) is 1. The summed E-state index contributed by atoms with van der Waals surface area (Å²) in [6.07, 6.45) is 5.17. The van der Waals surface area contributed by atoms with Gasteiger partial charge in [0.2, 0.25) is 11.7 Å². The molecule has 0 amide bonds. The topological polar surface area (TPSA) is 74.6 Å². The summed E-state index contributed by atoms with van der Waals surface area (Å²) in [4.78, 5) is 16.3. The van der Waals surface area contributed by atoms with Gasteiger partial charge in [-0.1, -0.05) is 6.92 Å². The Balaban J connectivity index is 1.98. The van der Waals surface area contributed by atoms with Crippen molar-refractivity contribution in [3.63, 3.8) is 0 Å². The van der Waals surface area contributed by atoms with Gasteiger partial charge in [-0.3, -0.25) is 4.79 Å². The third-order valence-corrected chi connectivity index (χ3v) is 4.75. The Hall–Kier alpha value is -3.36. The van der Waals surface area contributed by atoms with E-state index in [9.17, 15) is 13.6 Å². The number of methoxy groups -OCH3 is 3. The molecule has 1 aromatic heterocycles. The molecule has 7 nitrogen and oxygen atoms in total. The predicted molar refractivity (Wildman–Crippen MR) is 107 cm³/mol. The minimum absolute atomic E-state index is 0.0158. The Bertz CT molecular complexity index is 1030. The van der Waals surface area contributed by atoms with Gasteiger partial charge in [0, 0.05) is 12.0 Å². The van der Waals surface area contributed by atoms with Crippen LogP contribution in [0.3, 0.4) is 0 Å². The average Bonchev–Trinajstić information content (AvgIpc) is 2.70. The third kappa shape index (κ3) is 4.61. The summed E-state index contributed by atoms with van der Waals surface area (Å²) in [5.74, 6) is 0.00338. The van der Waals surface area contributed by atoms with Gasteiger partial charge in [0.25, 0.3) is 0 Å². The Kier molecular flexibility index (Phi) is 6.39. The first-order chi connectivity index (χ1) is 14.3. The molecule has 1 N–H and O–H groups in total. The molecule has 0 aliphatic heterocycles. The van der Waals surface area contributed by atoms with Gasteiger partial charge >= 0.3 is 5.56 Å². The third-order valence-electron chi connectivity index (χ3n) is 4.75. The zero-order valence-electron chi connectivity index (χ0n) is 17.1. The molecule has 1 aromatic carbocycles. The summed E-state index contributed by atoms with van der Waals surface area (Å²) < 4.78 is 44.6. The number of rotatable bonds is 7. The quantitative estimate of drug-likeness (QED) is 0.744. The lowest BCUT2D eigenvalue weighted by Crippen LogP contribution is -2.31. The van der Waals surface area contributed by atoms with Crippen LogP contribution in [-0.4, -0.2) is 36.9 Å². The van der Waals surface area contributed by atoms with E-state index in [4.69, 9.17) is 14.2 Å². The average molecular weight is 419 g/mol. The highest BCUT2D eigenvalue weighted by Crippen LogP contribution is 2.26. The fourth-order valence-corrected chi connectivity index (χ4v) is 3.23. The van der Waals surface area contributed by atoms with E-state index in [0.29, 0.717) is 17.1 Å². The van der Waals surface area contributed by atoms with Gasteiger partial charge in [-0.05, 0) is 29.8 Å². The van der Waals surface area contributed by atoms with Crippen molar-refractivity contribution in [2.45, 2.75) is 19.5 Å². The van der Waals surface area contributed by atoms with Crippen molar-refractivity contribution >= 4 is 5.95 Å². The van der Waals surface area contributed by atoms with Crippen LogP contribution in [0, 0.1) is 17.6 Å². The Morgan fingerprint density at radius 1 is 1.03 bits per heavy atom. The molecule has 1 heterocycles. The number of hydrogen-bond acceptors (Lipinski definition) is 6. The van der Waals surface area contributed by atoms with E-state index < -0.39 is 17.2 Å². The van der Waals surface area contributed by atoms with Gasteiger partial charge < -0.3 is 24.1 Å². The first-order valence-corrected chi connectivity index (χ1v) is 9.23. The van der Waals surface area contributed by atoms with Gasteiger partial charge in [0.1, 0.15) is 11.6 Å². The Morgan fingerprint density at radius 3 is 2.27 bits per heavy atom. The molecule has 1 aliphatic carbocycles. The minimum Gasteiger partial charge on any atom is -0.493 e. The molecule has 3 rings (SSSR count). The number of anilines is 1. The monoisotopic (exact) mass is 419 g/mol. The van der Waals surface area contributed by atoms with Crippen molar-refractivity contribution in [3.05, 3.63) is 75.6 Å². The standard InChI is InChI=1S/C21H23F2N3O4/c1-12-5-17(28-2)18(29-3)9-16(12)24-21-25-20(27)19(30-4)11-26(21)10-13-6-14(22)8-15(23)7-13/h5-9,11-12,16H,10H2,1-4H3,(H,24,25,27). The molecular formula is C21H23F2N3O4. The molecule has 2 aromatic rings. The van der Waals surface area contributed by atoms with Crippen LogP contribution in [-0.2, 0) is 16.0 Å². The van der Waals surface area contributed by atoms with Crippen LogP contribution < -0.4 is 15.6 Å². The first-order valence-electron chi connectivity index (χ1n) is 9.23. The van der Waals surface area contributed by atoms with E-state index in [1.807, 2.05) is 19.1 Å². The number of ether oxygens (including phenoxy) is 3. The summed E-state index contributed by atoms with van der Waals surface area (Å²) in [7, 11) is 4.44. The highest BCUT2D eigenvalue weighted by Gasteiger charge is 2.25. The molecule has 0 spiro atoms. The van der Waals surface area contributed by atoms with Crippen molar-refractivity contribution < 1.29 is 23.0 Å². The summed E-state index contributed by atoms with van der Waals surface area (Å²) in [6.45, 7) is 2.04. The second kappa shape index (κ2) is 8.98. The normalized spacial score (nSPS) is 18.3. The van der Waals surface area contributed by atoms with Gasteiger partial charge in [-0.25, -0.2) is 8.78 Å². The number of nitrogens with zero attached hydrogens (tertiary/aromatic N) is 2. The van der Waals surface area contributed by atoms with E-state index in [0.717, 1.165) is 6.07 Å². The molecule has 30 heavy (non-hydrogen) atoms. The van der Waals surface area contributed by atoms with Crippen LogP contribution in [0.4, 0.5) is 14.7 Å². The summed E-state index contributed by atoms with van der Waals surface area (Å²) >= 11 is 0. The highest BCUT2D eigenvalue weighted by atomic mass is 19.1. The molecule has 0 saturated heterocycles. The fraction of sp³-hybridized carbons (Fsp3) is 0.333. The van der Waals surface area contributed by atoms with Crippen molar-refractivity contribution in [3.8, 4) is 5.75 Å². The van der Waals surface area contributed by atoms with E-state index >= 15 is 0 Å². The largest absolute Gasteiger partial charge is 0.493 e. The lowest BCUT2D eigenvalue weighted by atomic mass is 9.95. The van der Waals surface area contributed by atoms with E-state index in [-0.39, 0.29) is 30.2 Å². The molecule has 0 saturated carbocycles. The molecule has 2 atom stereocenters. The zero-order valence-corrected chi connectivity index (χ0v) is 17.1. The van der Waals surface area contributed by atoms with Crippen molar-refractivity contribution in [2.75, 3.05) is 26.6 Å². The van der Waals surface area contributed by atoms with Crippen LogP contribution in [0.25, 0.3) is 0 Å². The molecule has 9 heteroatoms. The lowest BCUT2D eigenvalue weighted by Gasteiger charge is -2.27. The van der Waals surface area contributed by atoms with Crippen LogP contribution in [0.1, 0.15) is 12.5 Å². The van der Waals surface area contributed by atoms with Gasteiger partial charge in [-0.15, -0.1) is 0 Å². The van der Waals surface area contributed by atoms with Crippen LogP contribution in [0.15, 0.2) is 52.9 Å². The fourth-order valence-electron chi connectivity index (χ4n) is 3.23. The summed E-state index contributed by atoms with van der Waals surface area (Å²) in [5, 5.41) is 3.20. The zero-order chi connectivity index (χ0) is 21.8. The van der Waals surface area contributed by atoms with Crippen LogP contribution >= 0.6 is 0 Å². The maximum Gasteiger partial charge on any atom is 0.316 e. The molecule has 2 unspecified atom stereocenters. The first kappa shape index (κ1) is 21.4. The van der Waals surface area contributed by atoms with Gasteiger partial charge in [0.15, 0.2) is 11.5 Å². The van der Waals surface area contributed by atoms with Crippen LogP contribution in [0.2, 0.25) is 0 Å². The van der Waals surface area contributed by atoms with Crippen molar-refractivity contribution in [2.24, 2.45) is 5.92 Å². The molecular weight excluding hydrogens is 396 g/mol. The predicted octanol–water partition coefficient (Wildman–Crippen LogP) is 3.07. The van der Waals surface area contributed by atoms with E-state index in [1.54, 1.807) is 11.7 Å². The summed E-state index contributed by atoms with van der Waals surface area (Å²) in [5.41, 5.74) is -0.191. The van der Waals surface area contributed by atoms with E-state index in [1.165, 1.54) is 32.5 Å². The van der Waals surface area contributed by atoms with Gasteiger partial charge in [-0.2, -0.15) is 4.98 Å². The highest BCUT2D eigenvalue weighted by molar-refractivity contribution is 5.39. The Morgan fingerprint density at radius 2 is 1.67 bits per heavy atom. The maximum atomic E-state index is 13.6. The number of benzene rings is 1. The lowest BCUT2D eigenvalue weighted by molar-refractivity contribution is 0.211. The summed E-state index contributed by atoms with van der Waals surface area (Å²) in [6, 6.07) is 2.97.